The van der Waals surface area contributed by atoms with E-state index in [9.17, 15) is 0 Å². The first-order valence-corrected chi connectivity index (χ1v) is 8.89. The molecular formula is C16H21BrN4S. The van der Waals surface area contributed by atoms with Crippen LogP contribution in [0.3, 0.4) is 0 Å². The third kappa shape index (κ3) is 5.10. The SMILES string of the molecule is CN=C(NCc1cccc(Br)c1)NCc1nc(C(C)C)cs1. The molecule has 0 atom stereocenters. The van der Waals surface area contributed by atoms with E-state index in [1.54, 1.807) is 18.4 Å². The van der Waals surface area contributed by atoms with Gasteiger partial charge in [-0.3, -0.25) is 4.99 Å². The smallest absolute Gasteiger partial charge is 0.191 e. The second-order valence-electron chi connectivity index (χ2n) is 5.23. The van der Waals surface area contributed by atoms with Crippen molar-refractivity contribution in [1.82, 2.24) is 15.6 Å². The van der Waals surface area contributed by atoms with Gasteiger partial charge in [0, 0.05) is 23.4 Å². The Bertz CT molecular complexity index is 637. The fraction of sp³-hybridized carbons (Fsp3) is 0.375. The van der Waals surface area contributed by atoms with Crippen molar-refractivity contribution in [2.45, 2.75) is 32.9 Å². The van der Waals surface area contributed by atoms with Gasteiger partial charge in [0.05, 0.1) is 12.2 Å². The fourth-order valence-electron chi connectivity index (χ4n) is 1.88. The predicted octanol–water partition coefficient (Wildman–Crippen LogP) is 3.89. The van der Waals surface area contributed by atoms with Crippen molar-refractivity contribution >= 4 is 33.2 Å². The number of hydrogen-bond acceptors (Lipinski definition) is 3. The average molecular weight is 381 g/mol. The number of nitrogens with zero attached hydrogens (tertiary/aromatic N) is 2. The maximum Gasteiger partial charge on any atom is 0.191 e. The standard InChI is InChI=1S/C16H21BrN4S/c1-11(2)14-10-22-15(21-14)9-20-16(18-3)19-8-12-5-4-6-13(17)7-12/h4-7,10-11H,8-9H2,1-3H3,(H2,18,19,20). The van der Waals surface area contributed by atoms with E-state index in [1.807, 2.05) is 12.1 Å². The van der Waals surface area contributed by atoms with Crippen molar-refractivity contribution in [3.63, 3.8) is 0 Å². The molecule has 0 saturated carbocycles. The summed E-state index contributed by atoms with van der Waals surface area (Å²) in [7, 11) is 1.78. The Morgan fingerprint density at radius 1 is 1.32 bits per heavy atom. The second kappa shape index (κ2) is 8.29. The molecule has 1 heterocycles. The normalized spacial score (nSPS) is 11.8. The lowest BCUT2D eigenvalue weighted by Gasteiger charge is -2.11. The molecular weight excluding hydrogens is 360 g/mol. The summed E-state index contributed by atoms with van der Waals surface area (Å²) in [6.45, 7) is 5.74. The zero-order chi connectivity index (χ0) is 15.9. The van der Waals surface area contributed by atoms with Gasteiger partial charge in [-0.05, 0) is 23.6 Å². The van der Waals surface area contributed by atoms with Crippen LogP contribution in [0.1, 0.15) is 36.0 Å². The number of guanidine groups is 1. The van der Waals surface area contributed by atoms with E-state index >= 15 is 0 Å². The molecule has 0 spiro atoms. The predicted molar refractivity (Wildman–Crippen MR) is 97.4 cm³/mol. The van der Waals surface area contributed by atoms with Gasteiger partial charge < -0.3 is 10.6 Å². The molecule has 0 radical (unpaired) electrons. The zero-order valence-electron chi connectivity index (χ0n) is 13.1. The van der Waals surface area contributed by atoms with Gasteiger partial charge >= 0.3 is 0 Å². The maximum absolute atomic E-state index is 4.61. The van der Waals surface area contributed by atoms with E-state index in [4.69, 9.17) is 0 Å². The highest BCUT2D eigenvalue weighted by atomic mass is 79.9. The first-order valence-electron chi connectivity index (χ1n) is 7.21. The van der Waals surface area contributed by atoms with Gasteiger partial charge in [0.25, 0.3) is 0 Å². The minimum atomic E-state index is 0.471. The van der Waals surface area contributed by atoms with Crippen LogP contribution in [-0.4, -0.2) is 18.0 Å². The van der Waals surface area contributed by atoms with E-state index in [0.717, 1.165) is 27.7 Å². The molecule has 1 aromatic carbocycles. The summed E-state index contributed by atoms with van der Waals surface area (Å²) >= 11 is 5.17. The van der Waals surface area contributed by atoms with Crippen LogP contribution in [0.2, 0.25) is 0 Å². The molecule has 4 nitrogen and oxygen atoms in total. The number of aromatic nitrogens is 1. The number of benzene rings is 1. The van der Waals surface area contributed by atoms with Crippen molar-refractivity contribution < 1.29 is 0 Å². The molecule has 6 heteroatoms. The topological polar surface area (TPSA) is 49.3 Å². The van der Waals surface area contributed by atoms with Crippen LogP contribution < -0.4 is 10.6 Å². The van der Waals surface area contributed by atoms with Crippen LogP contribution in [0.4, 0.5) is 0 Å². The molecule has 118 valence electrons. The Labute approximate surface area is 144 Å². The molecule has 0 unspecified atom stereocenters. The number of rotatable bonds is 5. The minimum Gasteiger partial charge on any atom is -0.352 e. The molecule has 2 N–H and O–H groups in total. The first-order chi connectivity index (χ1) is 10.6. The van der Waals surface area contributed by atoms with Crippen molar-refractivity contribution in [2.24, 2.45) is 4.99 Å². The molecule has 1 aromatic heterocycles. The molecule has 22 heavy (non-hydrogen) atoms. The molecule has 0 aliphatic heterocycles. The van der Waals surface area contributed by atoms with Crippen LogP contribution in [0.25, 0.3) is 0 Å². The minimum absolute atomic E-state index is 0.471. The first kappa shape index (κ1) is 17.0. The van der Waals surface area contributed by atoms with Gasteiger partial charge in [-0.2, -0.15) is 0 Å². The fourth-order valence-corrected chi connectivity index (χ4v) is 3.23. The Kier molecular flexibility index (Phi) is 6.39. The van der Waals surface area contributed by atoms with Gasteiger partial charge in [0.2, 0.25) is 0 Å². The lowest BCUT2D eigenvalue weighted by molar-refractivity contribution is 0.785. The Hall–Kier alpha value is -1.40. The number of aliphatic imine (C=N–C) groups is 1. The maximum atomic E-state index is 4.61. The van der Waals surface area contributed by atoms with E-state index in [1.165, 1.54) is 5.56 Å². The molecule has 0 bridgehead atoms. The third-order valence-electron chi connectivity index (χ3n) is 3.14. The van der Waals surface area contributed by atoms with Crippen molar-refractivity contribution in [2.75, 3.05) is 7.05 Å². The molecule has 0 aliphatic rings. The quantitative estimate of drug-likeness (QED) is 0.610. The highest BCUT2D eigenvalue weighted by Crippen LogP contribution is 2.17. The lowest BCUT2D eigenvalue weighted by Crippen LogP contribution is -2.36. The Balaban J connectivity index is 1.84. The molecule has 2 rings (SSSR count). The Morgan fingerprint density at radius 2 is 2.09 bits per heavy atom. The molecule has 0 saturated heterocycles. The lowest BCUT2D eigenvalue weighted by atomic mass is 10.2. The van der Waals surface area contributed by atoms with Gasteiger partial charge in [-0.25, -0.2) is 4.98 Å². The molecule has 0 amide bonds. The average Bonchev–Trinajstić information content (AvgIpc) is 2.97. The van der Waals surface area contributed by atoms with Gasteiger partial charge in [-0.1, -0.05) is 41.9 Å². The highest BCUT2D eigenvalue weighted by Gasteiger charge is 2.06. The molecule has 0 aliphatic carbocycles. The monoisotopic (exact) mass is 380 g/mol. The summed E-state index contributed by atoms with van der Waals surface area (Å²) in [6, 6.07) is 8.22. The highest BCUT2D eigenvalue weighted by molar-refractivity contribution is 9.10. The third-order valence-corrected chi connectivity index (χ3v) is 4.50. The van der Waals surface area contributed by atoms with E-state index in [-0.39, 0.29) is 0 Å². The van der Waals surface area contributed by atoms with E-state index in [0.29, 0.717) is 12.5 Å². The summed E-state index contributed by atoms with van der Waals surface area (Å²) in [6.07, 6.45) is 0. The summed E-state index contributed by atoms with van der Waals surface area (Å²) < 4.78 is 1.08. The number of hydrogen-bond donors (Lipinski definition) is 2. The van der Waals surface area contributed by atoms with E-state index < -0.39 is 0 Å². The molecule has 2 aromatic rings. The number of halogens is 1. The van der Waals surface area contributed by atoms with E-state index in [2.05, 4.69) is 67.9 Å². The zero-order valence-corrected chi connectivity index (χ0v) is 15.5. The summed E-state index contributed by atoms with van der Waals surface area (Å²) in [5, 5.41) is 9.81. The van der Waals surface area contributed by atoms with Gasteiger partial charge in [0.1, 0.15) is 5.01 Å². The number of thiazole rings is 1. The van der Waals surface area contributed by atoms with Gasteiger partial charge in [0.15, 0.2) is 5.96 Å². The van der Waals surface area contributed by atoms with Crippen LogP contribution >= 0.6 is 27.3 Å². The van der Waals surface area contributed by atoms with Crippen molar-refractivity contribution in [3.05, 3.63) is 50.4 Å². The second-order valence-corrected chi connectivity index (χ2v) is 7.09. The van der Waals surface area contributed by atoms with Crippen LogP contribution in [0, 0.1) is 0 Å². The van der Waals surface area contributed by atoms with Crippen LogP contribution in [0.5, 0.6) is 0 Å². The van der Waals surface area contributed by atoms with Crippen molar-refractivity contribution in [3.8, 4) is 0 Å². The largest absolute Gasteiger partial charge is 0.352 e. The van der Waals surface area contributed by atoms with Crippen LogP contribution in [0.15, 0.2) is 39.1 Å². The van der Waals surface area contributed by atoms with Crippen molar-refractivity contribution in [1.29, 1.82) is 0 Å². The van der Waals surface area contributed by atoms with Crippen LogP contribution in [-0.2, 0) is 13.1 Å². The summed E-state index contributed by atoms with van der Waals surface area (Å²) in [5.41, 5.74) is 2.35. The summed E-state index contributed by atoms with van der Waals surface area (Å²) in [5.74, 6) is 1.25. The Morgan fingerprint density at radius 3 is 2.73 bits per heavy atom. The molecule has 0 fully saturated rings. The van der Waals surface area contributed by atoms with Gasteiger partial charge in [-0.15, -0.1) is 11.3 Å². The summed E-state index contributed by atoms with van der Waals surface area (Å²) in [4.78, 5) is 8.86. The number of nitrogens with one attached hydrogen (secondary N) is 2.